The van der Waals surface area contributed by atoms with E-state index < -0.39 is 11.9 Å². The van der Waals surface area contributed by atoms with Crippen LogP contribution >= 0.6 is 0 Å². The van der Waals surface area contributed by atoms with Crippen molar-refractivity contribution < 1.29 is 14.3 Å². The summed E-state index contributed by atoms with van der Waals surface area (Å²) in [5.74, 6) is -1.03. The summed E-state index contributed by atoms with van der Waals surface area (Å²) >= 11 is 0. The van der Waals surface area contributed by atoms with Crippen LogP contribution in [0.15, 0.2) is 30.3 Å². The van der Waals surface area contributed by atoms with Crippen molar-refractivity contribution in [2.24, 2.45) is 5.73 Å². The van der Waals surface area contributed by atoms with E-state index in [0.717, 1.165) is 5.56 Å². The SMILES string of the molecule is COC(=O)CN(C(=O)C(CN)c1ccccc1)C(C)C. The summed E-state index contributed by atoms with van der Waals surface area (Å²) in [6, 6.07) is 9.25. The molecular weight excluding hydrogens is 256 g/mol. The Hall–Kier alpha value is -1.88. The third-order valence-electron chi connectivity index (χ3n) is 3.17. The van der Waals surface area contributed by atoms with E-state index in [1.807, 2.05) is 44.2 Å². The Kier molecular flexibility index (Phi) is 6.18. The van der Waals surface area contributed by atoms with Crippen LogP contribution in [0, 0.1) is 0 Å². The number of esters is 1. The van der Waals surface area contributed by atoms with Crippen LogP contribution in [0.3, 0.4) is 0 Å². The standard InChI is InChI=1S/C15H22N2O3/c1-11(2)17(10-14(18)20-3)15(19)13(9-16)12-7-5-4-6-8-12/h4-8,11,13H,9-10,16H2,1-3H3. The van der Waals surface area contributed by atoms with Gasteiger partial charge in [-0.2, -0.15) is 0 Å². The molecule has 20 heavy (non-hydrogen) atoms. The van der Waals surface area contributed by atoms with Crippen molar-refractivity contribution in [3.8, 4) is 0 Å². The van der Waals surface area contributed by atoms with Crippen LogP contribution in [0.4, 0.5) is 0 Å². The number of nitrogens with zero attached hydrogens (tertiary/aromatic N) is 1. The Labute approximate surface area is 119 Å². The fraction of sp³-hybridized carbons (Fsp3) is 0.467. The molecule has 0 aliphatic carbocycles. The van der Waals surface area contributed by atoms with Gasteiger partial charge in [0, 0.05) is 12.6 Å². The van der Waals surface area contributed by atoms with E-state index >= 15 is 0 Å². The Bertz CT molecular complexity index is 446. The molecule has 0 aliphatic rings. The molecule has 1 rings (SSSR count). The summed E-state index contributed by atoms with van der Waals surface area (Å²) in [6.07, 6.45) is 0. The van der Waals surface area contributed by atoms with Gasteiger partial charge in [-0.05, 0) is 19.4 Å². The number of hydrogen-bond acceptors (Lipinski definition) is 4. The minimum Gasteiger partial charge on any atom is -0.468 e. The van der Waals surface area contributed by atoms with E-state index in [9.17, 15) is 9.59 Å². The second-order valence-electron chi connectivity index (χ2n) is 4.83. The molecule has 2 N–H and O–H groups in total. The van der Waals surface area contributed by atoms with Gasteiger partial charge in [0.25, 0.3) is 0 Å². The van der Waals surface area contributed by atoms with Crippen LogP contribution in [0.2, 0.25) is 0 Å². The number of nitrogens with two attached hydrogens (primary N) is 1. The van der Waals surface area contributed by atoms with Crippen molar-refractivity contribution in [2.45, 2.75) is 25.8 Å². The lowest BCUT2D eigenvalue weighted by Crippen LogP contribution is -2.45. The van der Waals surface area contributed by atoms with Gasteiger partial charge in [-0.25, -0.2) is 0 Å². The van der Waals surface area contributed by atoms with E-state index in [2.05, 4.69) is 4.74 Å². The second kappa shape index (κ2) is 7.65. The van der Waals surface area contributed by atoms with Crippen molar-refractivity contribution in [3.05, 3.63) is 35.9 Å². The van der Waals surface area contributed by atoms with E-state index in [1.54, 1.807) is 0 Å². The molecule has 0 fully saturated rings. The normalized spacial score (nSPS) is 12.1. The molecule has 0 aliphatic heterocycles. The van der Waals surface area contributed by atoms with Crippen LogP contribution in [0.25, 0.3) is 0 Å². The molecule has 5 nitrogen and oxygen atoms in total. The van der Waals surface area contributed by atoms with Crippen LogP contribution in [-0.4, -0.2) is 43.0 Å². The highest BCUT2D eigenvalue weighted by Gasteiger charge is 2.28. The molecule has 1 atom stereocenters. The number of carbonyl (C=O) groups excluding carboxylic acids is 2. The van der Waals surface area contributed by atoms with Gasteiger partial charge in [0.2, 0.25) is 5.91 Å². The molecule has 110 valence electrons. The fourth-order valence-corrected chi connectivity index (χ4v) is 1.98. The van der Waals surface area contributed by atoms with Gasteiger partial charge >= 0.3 is 5.97 Å². The average Bonchev–Trinajstić information content (AvgIpc) is 2.45. The number of benzene rings is 1. The first-order valence-corrected chi connectivity index (χ1v) is 6.63. The summed E-state index contributed by atoms with van der Waals surface area (Å²) in [7, 11) is 1.31. The molecule has 0 heterocycles. The van der Waals surface area contributed by atoms with E-state index in [1.165, 1.54) is 12.0 Å². The Morgan fingerprint density at radius 1 is 1.25 bits per heavy atom. The Morgan fingerprint density at radius 2 is 1.85 bits per heavy atom. The average molecular weight is 278 g/mol. The summed E-state index contributed by atoms with van der Waals surface area (Å²) in [6.45, 7) is 3.86. The lowest BCUT2D eigenvalue weighted by molar-refractivity contribution is -0.148. The third kappa shape index (κ3) is 4.06. The highest BCUT2D eigenvalue weighted by atomic mass is 16.5. The van der Waals surface area contributed by atoms with Crippen molar-refractivity contribution >= 4 is 11.9 Å². The van der Waals surface area contributed by atoms with Crippen molar-refractivity contribution in [2.75, 3.05) is 20.2 Å². The summed E-state index contributed by atoms with van der Waals surface area (Å²) in [4.78, 5) is 25.5. The molecule has 0 radical (unpaired) electrons. The largest absolute Gasteiger partial charge is 0.468 e. The molecule has 0 saturated carbocycles. The lowest BCUT2D eigenvalue weighted by Gasteiger charge is -2.29. The third-order valence-corrected chi connectivity index (χ3v) is 3.17. The molecular formula is C15H22N2O3. The van der Waals surface area contributed by atoms with E-state index in [0.29, 0.717) is 0 Å². The minimum absolute atomic E-state index is 0.0592. The Morgan fingerprint density at radius 3 is 2.30 bits per heavy atom. The molecule has 0 saturated heterocycles. The first kappa shape index (κ1) is 16.2. The van der Waals surface area contributed by atoms with Gasteiger partial charge in [0.1, 0.15) is 6.54 Å². The predicted molar refractivity (Wildman–Crippen MR) is 77.1 cm³/mol. The lowest BCUT2D eigenvalue weighted by atomic mass is 9.97. The topological polar surface area (TPSA) is 72.6 Å². The molecule has 1 aromatic carbocycles. The maximum Gasteiger partial charge on any atom is 0.325 e. The highest BCUT2D eigenvalue weighted by molar-refractivity contribution is 5.87. The quantitative estimate of drug-likeness (QED) is 0.792. The summed E-state index contributed by atoms with van der Waals surface area (Å²) in [5.41, 5.74) is 6.60. The smallest absolute Gasteiger partial charge is 0.325 e. The number of methoxy groups -OCH3 is 1. The van der Waals surface area contributed by atoms with Crippen LogP contribution in [-0.2, 0) is 14.3 Å². The van der Waals surface area contributed by atoms with Crippen LogP contribution in [0.5, 0.6) is 0 Å². The van der Waals surface area contributed by atoms with E-state index in [4.69, 9.17) is 5.73 Å². The first-order chi connectivity index (χ1) is 9.51. The highest BCUT2D eigenvalue weighted by Crippen LogP contribution is 2.18. The van der Waals surface area contributed by atoms with Crippen molar-refractivity contribution in [1.82, 2.24) is 4.90 Å². The number of carbonyl (C=O) groups is 2. The molecule has 0 spiro atoms. The Balaban J connectivity index is 2.94. The fourth-order valence-electron chi connectivity index (χ4n) is 1.98. The maximum atomic E-state index is 12.6. The number of hydrogen-bond donors (Lipinski definition) is 1. The molecule has 0 bridgehead atoms. The van der Waals surface area contributed by atoms with Gasteiger partial charge in [0.05, 0.1) is 13.0 Å². The van der Waals surface area contributed by atoms with Crippen LogP contribution < -0.4 is 5.73 Å². The maximum absolute atomic E-state index is 12.6. The number of rotatable bonds is 6. The van der Waals surface area contributed by atoms with Gasteiger partial charge in [-0.15, -0.1) is 0 Å². The minimum atomic E-state index is -0.441. The predicted octanol–water partition coefficient (Wildman–Crippen LogP) is 1.14. The van der Waals surface area contributed by atoms with Gasteiger partial charge in [-0.1, -0.05) is 30.3 Å². The second-order valence-corrected chi connectivity index (χ2v) is 4.83. The zero-order valence-corrected chi connectivity index (χ0v) is 12.2. The summed E-state index contributed by atoms with van der Waals surface area (Å²) in [5, 5.41) is 0. The van der Waals surface area contributed by atoms with Crippen molar-refractivity contribution in [3.63, 3.8) is 0 Å². The van der Waals surface area contributed by atoms with Crippen molar-refractivity contribution in [1.29, 1.82) is 0 Å². The zero-order valence-electron chi connectivity index (χ0n) is 12.2. The molecule has 1 amide bonds. The monoisotopic (exact) mass is 278 g/mol. The van der Waals surface area contributed by atoms with Gasteiger partial charge < -0.3 is 15.4 Å². The van der Waals surface area contributed by atoms with Gasteiger partial charge in [0.15, 0.2) is 0 Å². The molecule has 0 aromatic heterocycles. The van der Waals surface area contributed by atoms with Crippen LogP contribution in [0.1, 0.15) is 25.3 Å². The number of amides is 1. The zero-order chi connectivity index (χ0) is 15.1. The first-order valence-electron chi connectivity index (χ1n) is 6.63. The number of ether oxygens (including phenoxy) is 1. The summed E-state index contributed by atoms with van der Waals surface area (Å²) < 4.78 is 4.64. The molecule has 5 heteroatoms. The molecule has 1 unspecified atom stereocenters. The van der Waals surface area contributed by atoms with E-state index in [-0.39, 0.29) is 25.0 Å². The van der Waals surface area contributed by atoms with Gasteiger partial charge in [-0.3, -0.25) is 9.59 Å². The molecule has 1 aromatic rings.